The van der Waals surface area contributed by atoms with E-state index < -0.39 is 0 Å². The third-order valence-corrected chi connectivity index (χ3v) is 12.2. The molecule has 10 heteroatoms. The number of rotatable bonds is 5. The van der Waals surface area contributed by atoms with E-state index in [1.54, 1.807) is 35.1 Å². The molecule has 0 unspecified atom stereocenters. The van der Waals surface area contributed by atoms with Crippen LogP contribution in [0.3, 0.4) is 0 Å². The third kappa shape index (κ3) is 4.44. The van der Waals surface area contributed by atoms with E-state index in [1.807, 2.05) is 42.5 Å². The minimum Gasteiger partial charge on any atom is -0.445 e. The summed E-state index contributed by atoms with van der Waals surface area (Å²) in [5.41, 5.74) is 8.27. The summed E-state index contributed by atoms with van der Waals surface area (Å²) in [6.45, 7) is 0. The molecule has 6 heterocycles. The van der Waals surface area contributed by atoms with Gasteiger partial charge in [0.25, 0.3) is 0 Å². The zero-order valence-electron chi connectivity index (χ0n) is 26.4. The number of fused-ring (bicyclic) bond motifs is 5. The van der Waals surface area contributed by atoms with Crippen LogP contribution in [0.2, 0.25) is 0 Å². The Morgan fingerprint density at radius 1 is 0.588 bits per heavy atom. The number of hydrogen-bond donors (Lipinski definition) is 0. The average Bonchev–Trinajstić information content (AvgIpc) is 4.02. The minimum atomic E-state index is 0.484. The number of oxazole rings is 1. The lowest BCUT2D eigenvalue weighted by Gasteiger charge is -2.18. The van der Waals surface area contributed by atoms with Gasteiger partial charge in [0.1, 0.15) is 28.4 Å². The van der Waals surface area contributed by atoms with Crippen molar-refractivity contribution in [2.45, 2.75) is 0 Å². The Kier molecular flexibility index (Phi) is 6.32. The number of pyridine rings is 1. The van der Waals surface area contributed by atoms with Crippen LogP contribution >= 0.6 is 34.2 Å². The number of thiazole rings is 1. The van der Waals surface area contributed by atoms with Crippen molar-refractivity contribution in [2.75, 3.05) is 0 Å². The highest BCUT2D eigenvalue weighted by molar-refractivity contribution is 7.23. The van der Waals surface area contributed by atoms with Gasteiger partial charge in [-0.1, -0.05) is 65.8 Å². The summed E-state index contributed by atoms with van der Waals surface area (Å²) in [5.74, 6) is 0.484. The lowest BCUT2D eigenvalue weighted by atomic mass is 9.89. The van der Waals surface area contributed by atoms with E-state index in [1.165, 1.54) is 16.2 Å². The van der Waals surface area contributed by atoms with E-state index in [9.17, 15) is 0 Å². The molecule has 6 aromatic heterocycles. The van der Waals surface area contributed by atoms with E-state index in [2.05, 4.69) is 77.8 Å². The maximum absolute atomic E-state index is 5.99. The molecule has 0 aliphatic rings. The number of benzene rings is 5. The Hall–Kier alpha value is -6.07. The first-order valence-electron chi connectivity index (χ1n) is 16.2. The largest absolute Gasteiger partial charge is 0.445 e. The molecule has 0 N–H and O–H groups in total. The molecule has 5 aromatic carbocycles. The molecule has 0 spiro atoms. The molecule has 0 atom stereocenters. The highest BCUT2D eigenvalue weighted by atomic mass is 32.1. The second-order valence-electron chi connectivity index (χ2n) is 12.1. The summed E-state index contributed by atoms with van der Waals surface area (Å²) in [5, 5.41) is 9.60. The van der Waals surface area contributed by atoms with Crippen LogP contribution in [0.5, 0.6) is 0 Å². The Labute approximate surface area is 301 Å². The smallest absolute Gasteiger partial charge is 0.226 e. The predicted octanol–water partition coefficient (Wildman–Crippen LogP) is 12.1. The molecule has 0 bridgehead atoms. The second-order valence-corrected chi connectivity index (χ2v) is 15.0. The van der Waals surface area contributed by atoms with Crippen molar-refractivity contribution in [3.8, 4) is 55.1 Å². The zero-order chi connectivity index (χ0) is 33.5. The summed E-state index contributed by atoms with van der Waals surface area (Å²) >= 11 is 4.90. The average molecular weight is 712 g/mol. The Morgan fingerprint density at radius 3 is 2.25 bits per heavy atom. The molecule has 0 fully saturated rings. The molecule has 0 radical (unpaired) electrons. The van der Waals surface area contributed by atoms with Gasteiger partial charge in [0.2, 0.25) is 5.89 Å². The molecule has 0 aliphatic carbocycles. The fourth-order valence-electron chi connectivity index (χ4n) is 6.97. The maximum atomic E-state index is 5.99. The number of thiophene rings is 1. The number of aromatic nitrogens is 5. The maximum Gasteiger partial charge on any atom is 0.226 e. The Balaban J connectivity index is 1.39. The van der Waals surface area contributed by atoms with Crippen LogP contribution in [-0.2, 0) is 0 Å². The summed E-state index contributed by atoms with van der Waals surface area (Å²) in [6, 6.07) is 39.4. The third-order valence-electron chi connectivity index (χ3n) is 9.21. The van der Waals surface area contributed by atoms with Crippen LogP contribution in [0.1, 0.15) is 0 Å². The molecule has 11 aromatic rings. The van der Waals surface area contributed by atoms with Crippen LogP contribution in [-0.4, -0.2) is 24.5 Å². The van der Waals surface area contributed by atoms with Gasteiger partial charge < -0.3 is 8.94 Å². The zero-order valence-corrected chi connectivity index (χ0v) is 28.9. The quantitative estimate of drug-likeness (QED) is 0.175. The van der Waals surface area contributed by atoms with E-state index in [4.69, 9.17) is 28.4 Å². The fraction of sp³-hybridized carbons (Fsp3) is 0. The van der Waals surface area contributed by atoms with E-state index in [0.29, 0.717) is 17.2 Å². The second kappa shape index (κ2) is 11.2. The predicted molar refractivity (Wildman–Crippen MR) is 208 cm³/mol. The molecule has 240 valence electrons. The normalized spacial score (nSPS) is 11.9. The molecule has 11 rings (SSSR count). The molecular weight excluding hydrogens is 691 g/mol. The van der Waals surface area contributed by atoms with Crippen LogP contribution in [0, 0.1) is 0 Å². The summed E-state index contributed by atoms with van der Waals surface area (Å²) in [4.78, 5) is 16.5. The number of hydrogen-bond acceptors (Lipinski definition) is 10. The Bertz CT molecular complexity index is 3050. The molecule has 0 saturated carbocycles. The van der Waals surface area contributed by atoms with Gasteiger partial charge in [-0.15, -0.1) is 22.7 Å². The van der Waals surface area contributed by atoms with Gasteiger partial charge >= 0.3 is 0 Å². The SMILES string of the molecule is c1ccc2sc(-c3c(-c4nc5ccccc5s4)c(-c4nsc5ccccc45)nc4ccc(-c5ncco5)c(-c5noc6ccccc56)c34)cc2c1. The van der Waals surface area contributed by atoms with Crippen molar-refractivity contribution in [3.05, 3.63) is 128 Å². The molecular formula is C41H21N5O2S3. The van der Waals surface area contributed by atoms with E-state index in [0.717, 1.165) is 85.5 Å². The molecule has 7 nitrogen and oxygen atoms in total. The lowest BCUT2D eigenvalue weighted by Crippen LogP contribution is -1.99. The molecule has 51 heavy (non-hydrogen) atoms. The van der Waals surface area contributed by atoms with Crippen molar-refractivity contribution < 1.29 is 8.94 Å². The summed E-state index contributed by atoms with van der Waals surface area (Å²) in [6.07, 6.45) is 3.26. The van der Waals surface area contributed by atoms with Gasteiger partial charge in [-0.2, -0.15) is 4.37 Å². The standard InChI is InChI=1S/C41H21N5O2S3/c1-6-14-29-22(9-1)21-32(49-29)35-34-27(18-17-25(40-42-19-20-47-40)33(34)37-23-10-2-5-13-28(23)48-45-37)43-39(38-24-11-3-7-15-30(24)51-46-38)36(35)41-44-26-12-4-8-16-31(26)50-41/h1-21H. The van der Waals surface area contributed by atoms with Gasteiger partial charge in [0, 0.05) is 48.0 Å². The van der Waals surface area contributed by atoms with Crippen LogP contribution < -0.4 is 0 Å². The van der Waals surface area contributed by atoms with Gasteiger partial charge in [-0.3, -0.25) is 0 Å². The van der Waals surface area contributed by atoms with Crippen molar-refractivity contribution in [1.82, 2.24) is 24.5 Å². The molecule has 0 amide bonds. The van der Waals surface area contributed by atoms with Crippen LogP contribution in [0.25, 0.3) is 107 Å². The summed E-state index contributed by atoms with van der Waals surface area (Å²) in [7, 11) is 0. The number of para-hydroxylation sites is 2. The monoisotopic (exact) mass is 711 g/mol. The van der Waals surface area contributed by atoms with Gasteiger partial charge in [0.05, 0.1) is 26.6 Å². The van der Waals surface area contributed by atoms with Crippen LogP contribution in [0.4, 0.5) is 0 Å². The first-order chi connectivity index (χ1) is 25.3. The van der Waals surface area contributed by atoms with Gasteiger partial charge in [0.15, 0.2) is 5.58 Å². The molecule has 0 saturated heterocycles. The Morgan fingerprint density at radius 2 is 1.39 bits per heavy atom. The lowest BCUT2D eigenvalue weighted by molar-refractivity contribution is 0.459. The van der Waals surface area contributed by atoms with Gasteiger partial charge in [-0.25, -0.2) is 15.0 Å². The summed E-state index contributed by atoms with van der Waals surface area (Å²) < 4.78 is 20.4. The van der Waals surface area contributed by atoms with Crippen molar-refractivity contribution >= 4 is 86.5 Å². The van der Waals surface area contributed by atoms with E-state index in [-0.39, 0.29) is 0 Å². The van der Waals surface area contributed by atoms with Crippen molar-refractivity contribution in [1.29, 1.82) is 0 Å². The fourth-order valence-corrected chi connectivity index (χ4v) is 9.89. The molecule has 0 aliphatic heterocycles. The topological polar surface area (TPSA) is 90.7 Å². The first-order valence-corrected chi connectivity index (χ1v) is 18.6. The van der Waals surface area contributed by atoms with Gasteiger partial charge in [-0.05, 0) is 71.5 Å². The first kappa shape index (κ1) is 28.7. The van der Waals surface area contributed by atoms with Crippen molar-refractivity contribution in [3.63, 3.8) is 0 Å². The highest BCUT2D eigenvalue weighted by Gasteiger charge is 2.30. The minimum absolute atomic E-state index is 0.484. The van der Waals surface area contributed by atoms with Crippen LogP contribution in [0.15, 0.2) is 137 Å². The van der Waals surface area contributed by atoms with Crippen molar-refractivity contribution in [2.24, 2.45) is 0 Å². The van der Waals surface area contributed by atoms with E-state index >= 15 is 0 Å². The highest BCUT2D eigenvalue weighted by Crippen LogP contribution is 2.52. The number of nitrogens with zero attached hydrogens (tertiary/aromatic N) is 5.